The Balaban J connectivity index is 1.62. The van der Waals surface area contributed by atoms with Crippen molar-refractivity contribution in [1.29, 1.82) is 0 Å². The average Bonchev–Trinajstić information content (AvgIpc) is 3.06. The largest absolute Gasteiger partial charge is 0.337 e. The molecule has 2 aliphatic heterocycles. The van der Waals surface area contributed by atoms with Gasteiger partial charge in [-0.2, -0.15) is 5.10 Å². The Morgan fingerprint density at radius 3 is 2.73 bits per heavy atom. The Bertz CT molecular complexity index is 718. The van der Waals surface area contributed by atoms with Crippen LogP contribution in [0.4, 0.5) is 0 Å². The lowest BCUT2D eigenvalue weighted by Crippen LogP contribution is -2.46. The molecule has 1 fully saturated rings. The van der Waals surface area contributed by atoms with E-state index in [1.807, 2.05) is 15.8 Å². The summed E-state index contributed by atoms with van der Waals surface area (Å²) in [7, 11) is 1.60. The van der Waals surface area contributed by atoms with Crippen LogP contribution in [-0.2, 0) is 21.5 Å². The van der Waals surface area contributed by atoms with E-state index in [2.05, 4.69) is 36.2 Å². The van der Waals surface area contributed by atoms with Crippen LogP contribution in [0.15, 0.2) is 11.3 Å². The molecule has 26 heavy (non-hydrogen) atoms. The van der Waals surface area contributed by atoms with Crippen LogP contribution in [-0.4, -0.2) is 62.6 Å². The van der Waals surface area contributed by atoms with Crippen LogP contribution < -0.4 is 0 Å². The van der Waals surface area contributed by atoms with E-state index in [1.54, 1.807) is 7.05 Å². The summed E-state index contributed by atoms with van der Waals surface area (Å²) in [6, 6.07) is 0. The maximum atomic E-state index is 12.8. The second-order valence-electron chi connectivity index (χ2n) is 8.30. The summed E-state index contributed by atoms with van der Waals surface area (Å²) in [5.41, 5.74) is 1.45. The van der Waals surface area contributed by atoms with E-state index in [9.17, 15) is 9.59 Å². The van der Waals surface area contributed by atoms with Gasteiger partial charge in [-0.15, -0.1) is 5.10 Å². The summed E-state index contributed by atoms with van der Waals surface area (Å²) >= 11 is 0. The summed E-state index contributed by atoms with van der Waals surface area (Å²) in [6.07, 6.45) is 4.83. The molecule has 0 spiro atoms. The van der Waals surface area contributed by atoms with Crippen molar-refractivity contribution in [3.05, 3.63) is 11.9 Å². The lowest BCUT2D eigenvalue weighted by Gasteiger charge is -2.33. The van der Waals surface area contributed by atoms with Crippen LogP contribution in [0, 0.1) is 5.92 Å². The average molecular weight is 360 g/mol. The number of aromatic nitrogens is 3. The fourth-order valence-electron chi connectivity index (χ4n) is 3.40. The van der Waals surface area contributed by atoms with E-state index >= 15 is 0 Å². The lowest BCUT2D eigenvalue weighted by molar-refractivity contribution is -0.131. The molecule has 2 aliphatic rings. The highest BCUT2D eigenvalue weighted by Crippen LogP contribution is 2.22. The van der Waals surface area contributed by atoms with Crippen molar-refractivity contribution in [3.8, 4) is 0 Å². The fraction of sp³-hybridized carbons (Fsp3) is 0.722. The Labute approximate surface area is 154 Å². The van der Waals surface area contributed by atoms with Crippen molar-refractivity contribution < 1.29 is 9.59 Å². The van der Waals surface area contributed by atoms with Gasteiger partial charge in [-0.1, -0.05) is 26.0 Å². The standard InChI is InChI=1S/C18H28N6O2/c1-18(2,3)15-12-24(21-19-15)11-13-6-5-9-23(10-13)17(26)14-7-8-16(25)22(4)20-14/h12-13H,5-11H2,1-4H3. The van der Waals surface area contributed by atoms with Gasteiger partial charge in [-0.3, -0.25) is 14.3 Å². The van der Waals surface area contributed by atoms with Gasteiger partial charge in [0, 0.05) is 51.1 Å². The van der Waals surface area contributed by atoms with Gasteiger partial charge >= 0.3 is 0 Å². The van der Waals surface area contributed by atoms with E-state index in [0.29, 0.717) is 31.0 Å². The van der Waals surface area contributed by atoms with Gasteiger partial charge in [0.15, 0.2) is 0 Å². The zero-order valence-electron chi connectivity index (χ0n) is 16.1. The molecular weight excluding hydrogens is 332 g/mol. The molecule has 0 bridgehead atoms. The maximum absolute atomic E-state index is 12.8. The van der Waals surface area contributed by atoms with Crippen LogP contribution >= 0.6 is 0 Å². The number of carbonyl (C=O) groups is 2. The minimum absolute atomic E-state index is 0.0184. The van der Waals surface area contributed by atoms with Crippen LogP contribution in [0.2, 0.25) is 0 Å². The molecule has 0 radical (unpaired) electrons. The molecule has 0 saturated carbocycles. The molecule has 1 aromatic heterocycles. The number of nitrogens with zero attached hydrogens (tertiary/aromatic N) is 6. The molecule has 2 amide bonds. The molecule has 1 unspecified atom stereocenters. The number of amides is 2. The summed E-state index contributed by atoms with van der Waals surface area (Å²) in [5, 5.41) is 14.0. The molecule has 8 heteroatoms. The number of rotatable bonds is 3. The van der Waals surface area contributed by atoms with Gasteiger partial charge in [0.1, 0.15) is 5.71 Å². The van der Waals surface area contributed by atoms with E-state index in [0.717, 1.165) is 31.6 Å². The summed E-state index contributed by atoms with van der Waals surface area (Å²) < 4.78 is 1.89. The second-order valence-corrected chi connectivity index (χ2v) is 8.30. The third kappa shape index (κ3) is 4.11. The van der Waals surface area contributed by atoms with Crippen LogP contribution in [0.5, 0.6) is 0 Å². The fourth-order valence-corrected chi connectivity index (χ4v) is 3.40. The van der Waals surface area contributed by atoms with Gasteiger partial charge in [0.25, 0.3) is 5.91 Å². The third-order valence-electron chi connectivity index (χ3n) is 5.01. The minimum atomic E-state index is -0.0427. The number of piperidine rings is 1. The molecule has 8 nitrogen and oxygen atoms in total. The predicted octanol–water partition coefficient (Wildman–Crippen LogP) is 1.42. The normalized spacial score (nSPS) is 21.8. The van der Waals surface area contributed by atoms with Crippen molar-refractivity contribution in [2.24, 2.45) is 11.0 Å². The molecule has 3 rings (SSSR count). The first-order valence-electron chi connectivity index (χ1n) is 9.28. The molecule has 1 atom stereocenters. The van der Waals surface area contributed by atoms with Gasteiger partial charge in [-0.05, 0) is 18.8 Å². The van der Waals surface area contributed by atoms with Crippen molar-refractivity contribution >= 4 is 17.5 Å². The van der Waals surface area contributed by atoms with E-state index in [4.69, 9.17) is 0 Å². The maximum Gasteiger partial charge on any atom is 0.270 e. The predicted molar refractivity (Wildman–Crippen MR) is 97.5 cm³/mol. The monoisotopic (exact) mass is 360 g/mol. The van der Waals surface area contributed by atoms with Crippen molar-refractivity contribution in [1.82, 2.24) is 24.9 Å². The number of likely N-dealkylation sites (tertiary alicyclic amines) is 1. The van der Waals surface area contributed by atoms with Gasteiger partial charge in [0.2, 0.25) is 5.91 Å². The topological polar surface area (TPSA) is 83.7 Å². The lowest BCUT2D eigenvalue weighted by atomic mass is 9.93. The highest BCUT2D eigenvalue weighted by molar-refractivity contribution is 6.39. The van der Waals surface area contributed by atoms with Crippen molar-refractivity contribution in [2.45, 2.75) is 58.4 Å². The van der Waals surface area contributed by atoms with Gasteiger partial charge in [0.05, 0.1) is 5.69 Å². The summed E-state index contributed by atoms with van der Waals surface area (Å²) in [4.78, 5) is 26.2. The van der Waals surface area contributed by atoms with Gasteiger partial charge in [-0.25, -0.2) is 5.01 Å². The number of hydrazone groups is 1. The van der Waals surface area contributed by atoms with E-state index in [-0.39, 0.29) is 17.2 Å². The Morgan fingerprint density at radius 1 is 1.31 bits per heavy atom. The van der Waals surface area contributed by atoms with E-state index in [1.165, 1.54) is 5.01 Å². The second kappa shape index (κ2) is 7.17. The van der Waals surface area contributed by atoms with Crippen LogP contribution in [0.3, 0.4) is 0 Å². The number of hydrogen-bond donors (Lipinski definition) is 0. The van der Waals surface area contributed by atoms with Crippen molar-refractivity contribution in [2.75, 3.05) is 20.1 Å². The molecule has 1 saturated heterocycles. The highest BCUT2D eigenvalue weighted by atomic mass is 16.2. The first kappa shape index (κ1) is 18.5. The molecule has 3 heterocycles. The number of carbonyl (C=O) groups excluding carboxylic acids is 2. The van der Waals surface area contributed by atoms with Crippen molar-refractivity contribution in [3.63, 3.8) is 0 Å². The molecule has 142 valence electrons. The zero-order chi connectivity index (χ0) is 18.9. The van der Waals surface area contributed by atoms with Crippen LogP contribution in [0.1, 0.15) is 52.1 Å². The first-order valence-corrected chi connectivity index (χ1v) is 9.28. The SMILES string of the molecule is CN1N=C(C(=O)N2CCCC(Cn3cc(C(C)(C)C)nn3)C2)CCC1=O. The Hall–Kier alpha value is -2.25. The highest BCUT2D eigenvalue weighted by Gasteiger charge is 2.30. The van der Waals surface area contributed by atoms with Gasteiger partial charge < -0.3 is 4.90 Å². The number of hydrogen-bond acceptors (Lipinski definition) is 5. The molecule has 0 aromatic carbocycles. The minimum Gasteiger partial charge on any atom is -0.337 e. The molecule has 1 aromatic rings. The summed E-state index contributed by atoms with van der Waals surface area (Å²) in [6.45, 7) is 8.56. The Morgan fingerprint density at radius 2 is 2.08 bits per heavy atom. The first-order chi connectivity index (χ1) is 12.2. The van der Waals surface area contributed by atoms with E-state index < -0.39 is 0 Å². The Kier molecular flexibility index (Phi) is 5.11. The zero-order valence-corrected chi connectivity index (χ0v) is 16.1. The summed E-state index contributed by atoms with van der Waals surface area (Å²) in [5.74, 6) is 0.271. The molecule has 0 aliphatic carbocycles. The van der Waals surface area contributed by atoms with Crippen LogP contribution in [0.25, 0.3) is 0 Å². The quantitative estimate of drug-likeness (QED) is 0.816. The molecule has 0 N–H and O–H groups in total. The smallest absolute Gasteiger partial charge is 0.270 e. The molecular formula is C18H28N6O2. The third-order valence-corrected chi connectivity index (χ3v) is 5.01.